The molecule has 0 bridgehead atoms. The minimum atomic E-state index is 0.0298. The van der Waals surface area contributed by atoms with Crippen molar-refractivity contribution in [3.8, 4) is 0 Å². The molecule has 2 aromatic rings. The largest absolute Gasteiger partial charge is 0.352 e. The summed E-state index contributed by atoms with van der Waals surface area (Å²) in [4.78, 5) is 16.0. The Morgan fingerprint density at radius 3 is 3.19 bits per heavy atom. The van der Waals surface area contributed by atoms with Crippen LogP contribution < -0.4 is 5.32 Å². The Hall–Kier alpha value is -1.42. The van der Waals surface area contributed by atoms with Crippen molar-refractivity contribution in [1.29, 1.82) is 0 Å². The number of hydrogen-bond acceptors (Lipinski definition) is 3. The van der Waals surface area contributed by atoms with E-state index in [1.807, 2.05) is 18.2 Å². The highest BCUT2D eigenvalue weighted by Gasteiger charge is 2.21. The Balaban J connectivity index is 1.78. The summed E-state index contributed by atoms with van der Waals surface area (Å²) in [5.41, 5.74) is 3.50. The second-order valence-corrected chi connectivity index (χ2v) is 5.07. The van der Waals surface area contributed by atoms with E-state index in [1.54, 1.807) is 16.8 Å². The number of thiazole rings is 1. The fraction of sp³-hybridized carbons (Fsp3) is 0.333. The first kappa shape index (κ1) is 9.78. The van der Waals surface area contributed by atoms with Gasteiger partial charge < -0.3 is 5.32 Å². The fourth-order valence-electron chi connectivity index (χ4n) is 1.66. The van der Waals surface area contributed by atoms with E-state index in [1.165, 1.54) is 12.8 Å². The van der Waals surface area contributed by atoms with Crippen molar-refractivity contribution in [2.45, 2.75) is 12.8 Å². The number of carbonyl (C=O) groups is 1. The van der Waals surface area contributed by atoms with Crippen LogP contribution in [0.15, 0.2) is 23.7 Å². The monoisotopic (exact) mass is 232 g/mol. The maximum absolute atomic E-state index is 11.8. The standard InChI is InChI=1S/C12H12N2OS/c15-12(13-6-8-1-2-8)9-3-4-10-11(5-9)16-7-14-10/h3-5,7-8H,1-2,6H2,(H,13,15). The number of carbonyl (C=O) groups excluding carboxylic acids is 1. The normalized spacial score (nSPS) is 15.2. The number of nitrogens with one attached hydrogen (secondary N) is 1. The minimum absolute atomic E-state index is 0.0298. The van der Waals surface area contributed by atoms with Gasteiger partial charge in [-0.15, -0.1) is 11.3 Å². The fourth-order valence-corrected chi connectivity index (χ4v) is 2.37. The molecule has 0 atom stereocenters. The Bertz CT molecular complexity index is 531. The van der Waals surface area contributed by atoms with Gasteiger partial charge in [0.15, 0.2) is 0 Å². The third kappa shape index (κ3) is 1.93. The first-order valence-corrected chi connectivity index (χ1v) is 6.32. The number of rotatable bonds is 3. The van der Waals surface area contributed by atoms with Crippen molar-refractivity contribution < 1.29 is 4.79 Å². The summed E-state index contributed by atoms with van der Waals surface area (Å²) in [6.07, 6.45) is 2.52. The van der Waals surface area contributed by atoms with Crippen LogP contribution in [0.3, 0.4) is 0 Å². The molecule has 0 spiro atoms. The van der Waals surface area contributed by atoms with Crippen molar-refractivity contribution in [3.05, 3.63) is 29.3 Å². The molecule has 1 aromatic carbocycles. The molecule has 1 amide bonds. The molecule has 1 saturated carbocycles. The van der Waals surface area contributed by atoms with E-state index in [0.29, 0.717) is 0 Å². The molecular formula is C12H12N2OS. The maximum Gasteiger partial charge on any atom is 0.251 e. The van der Waals surface area contributed by atoms with Gasteiger partial charge in [-0.1, -0.05) is 0 Å². The van der Waals surface area contributed by atoms with Crippen LogP contribution in [0.2, 0.25) is 0 Å². The zero-order valence-electron chi connectivity index (χ0n) is 8.77. The highest BCUT2D eigenvalue weighted by atomic mass is 32.1. The van der Waals surface area contributed by atoms with Crippen LogP contribution in [0.4, 0.5) is 0 Å². The Morgan fingerprint density at radius 1 is 1.50 bits per heavy atom. The zero-order valence-corrected chi connectivity index (χ0v) is 9.59. The molecule has 0 saturated heterocycles. The summed E-state index contributed by atoms with van der Waals surface area (Å²) in [6.45, 7) is 0.819. The van der Waals surface area contributed by atoms with E-state index in [9.17, 15) is 4.79 Å². The summed E-state index contributed by atoms with van der Waals surface area (Å²) in [7, 11) is 0. The van der Waals surface area contributed by atoms with Gasteiger partial charge in [-0.05, 0) is 37.0 Å². The first-order chi connectivity index (χ1) is 7.83. The van der Waals surface area contributed by atoms with E-state index < -0.39 is 0 Å². The molecule has 3 nitrogen and oxygen atoms in total. The number of benzene rings is 1. The van der Waals surface area contributed by atoms with E-state index in [2.05, 4.69) is 10.3 Å². The third-order valence-corrected chi connectivity index (χ3v) is 3.63. The summed E-state index contributed by atoms with van der Waals surface area (Å²) in [6, 6.07) is 5.65. The van der Waals surface area contributed by atoms with Gasteiger partial charge >= 0.3 is 0 Å². The van der Waals surface area contributed by atoms with Crippen LogP contribution in [-0.2, 0) is 0 Å². The van der Waals surface area contributed by atoms with Crippen molar-refractivity contribution in [2.75, 3.05) is 6.54 Å². The molecule has 0 unspecified atom stereocenters. The molecule has 0 aliphatic heterocycles. The molecule has 16 heavy (non-hydrogen) atoms. The van der Waals surface area contributed by atoms with Gasteiger partial charge in [0.2, 0.25) is 0 Å². The van der Waals surface area contributed by atoms with Crippen LogP contribution in [0.1, 0.15) is 23.2 Å². The number of hydrogen-bond donors (Lipinski definition) is 1. The van der Waals surface area contributed by atoms with Gasteiger partial charge in [-0.2, -0.15) is 0 Å². The molecule has 1 aromatic heterocycles. The molecule has 82 valence electrons. The highest BCUT2D eigenvalue weighted by Crippen LogP contribution is 2.27. The van der Waals surface area contributed by atoms with Gasteiger partial charge in [0, 0.05) is 12.1 Å². The van der Waals surface area contributed by atoms with Gasteiger partial charge in [0.25, 0.3) is 5.91 Å². The van der Waals surface area contributed by atoms with Gasteiger partial charge in [0.05, 0.1) is 15.7 Å². The molecule has 1 fully saturated rings. The van der Waals surface area contributed by atoms with Crippen molar-refractivity contribution in [3.63, 3.8) is 0 Å². The first-order valence-electron chi connectivity index (χ1n) is 5.44. The van der Waals surface area contributed by atoms with Crippen LogP contribution in [0.5, 0.6) is 0 Å². The maximum atomic E-state index is 11.8. The van der Waals surface area contributed by atoms with E-state index in [0.717, 1.165) is 28.2 Å². The second kappa shape index (κ2) is 3.87. The lowest BCUT2D eigenvalue weighted by atomic mass is 10.2. The predicted octanol–water partition coefficient (Wildman–Crippen LogP) is 2.44. The SMILES string of the molecule is O=C(NCC1CC1)c1ccc2ncsc2c1. The van der Waals surface area contributed by atoms with E-state index in [-0.39, 0.29) is 5.91 Å². The topological polar surface area (TPSA) is 42.0 Å². The van der Waals surface area contributed by atoms with Gasteiger partial charge in [0.1, 0.15) is 0 Å². The second-order valence-electron chi connectivity index (χ2n) is 4.19. The Morgan fingerprint density at radius 2 is 2.38 bits per heavy atom. The lowest BCUT2D eigenvalue weighted by molar-refractivity contribution is 0.0952. The number of fused-ring (bicyclic) bond motifs is 1. The third-order valence-electron chi connectivity index (χ3n) is 2.84. The predicted molar refractivity (Wildman–Crippen MR) is 64.7 cm³/mol. The number of amides is 1. The summed E-state index contributed by atoms with van der Waals surface area (Å²) in [5.74, 6) is 0.748. The zero-order chi connectivity index (χ0) is 11.0. The molecule has 1 aliphatic rings. The number of aromatic nitrogens is 1. The summed E-state index contributed by atoms with van der Waals surface area (Å²) in [5, 5.41) is 2.96. The van der Waals surface area contributed by atoms with Crippen LogP contribution in [0, 0.1) is 5.92 Å². The van der Waals surface area contributed by atoms with E-state index >= 15 is 0 Å². The Labute approximate surface area is 97.5 Å². The summed E-state index contributed by atoms with van der Waals surface area (Å²) >= 11 is 1.56. The minimum Gasteiger partial charge on any atom is -0.352 e. The van der Waals surface area contributed by atoms with Crippen LogP contribution >= 0.6 is 11.3 Å². The highest BCUT2D eigenvalue weighted by molar-refractivity contribution is 7.16. The molecule has 4 heteroatoms. The molecule has 0 radical (unpaired) electrons. The molecule has 1 heterocycles. The molecular weight excluding hydrogens is 220 g/mol. The van der Waals surface area contributed by atoms with Crippen molar-refractivity contribution in [1.82, 2.24) is 10.3 Å². The molecule has 1 aliphatic carbocycles. The number of nitrogens with zero attached hydrogens (tertiary/aromatic N) is 1. The lowest BCUT2D eigenvalue weighted by Gasteiger charge is -2.03. The van der Waals surface area contributed by atoms with Crippen LogP contribution in [0.25, 0.3) is 10.2 Å². The average Bonchev–Trinajstić information content (AvgIpc) is 3.01. The quantitative estimate of drug-likeness (QED) is 0.883. The smallest absolute Gasteiger partial charge is 0.251 e. The van der Waals surface area contributed by atoms with Crippen LogP contribution in [-0.4, -0.2) is 17.4 Å². The average molecular weight is 232 g/mol. The lowest BCUT2D eigenvalue weighted by Crippen LogP contribution is -2.25. The molecule has 3 rings (SSSR count). The Kier molecular flexibility index (Phi) is 2.36. The van der Waals surface area contributed by atoms with Gasteiger partial charge in [-0.3, -0.25) is 4.79 Å². The van der Waals surface area contributed by atoms with Crippen molar-refractivity contribution in [2.24, 2.45) is 5.92 Å². The van der Waals surface area contributed by atoms with Crippen molar-refractivity contribution >= 4 is 27.5 Å². The van der Waals surface area contributed by atoms with E-state index in [4.69, 9.17) is 0 Å². The van der Waals surface area contributed by atoms with Gasteiger partial charge in [-0.25, -0.2) is 4.98 Å². The summed E-state index contributed by atoms with van der Waals surface area (Å²) < 4.78 is 1.07. The molecule has 1 N–H and O–H groups in total.